The number of fused-ring (bicyclic) bond motifs is 1. The van der Waals surface area contributed by atoms with E-state index in [2.05, 4.69) is 6.92 Å². The summed E-state index contributed by atoms with van der Waals surface area (Å²) in [6.45, 7) is 8.56. The molecule has 0 radical (unpaired) electrons. The third-order valence-corrected chi connectivity index (χ3v) is 8.94. The van der Waals surface area contributed by atoms with Crippen molar-refractivity contribution in [3.63, 3.8) is 0 Å². The van der Waals surface area contributed by atoms with E-state index in [9.17, 15) is 13.5 Å². The Morgan fingerprint density at radius 1 is 1.09 bits per heavy atom. The normalized spacial score (nSPS) is 18.9. The highest BCUT2D eigenvalue weighted by atomic mass is 32.2. The number of hydrogen-bond acceptors (Lipinski definition) is 5. The fourth-order valence-electron chi connectivity index (χ4n) is 5.04. The van der Waals surface area contributed by atoms with Crippen LogP contribution in [-0.4, -0.2) is 39.9 Å². The van der Waals surface area contributed by atoms with Gasteiger partial charge in [-0.05, 0) is 85.8 Å². The molecule has 1 fully saturated rings. The van der Waals surface area contributed by atoms with Crippen molar-refractivity contribution in [2.24, 2.45) is 11.8 Å². The molecule has 0 amide bonds. The third kappa shape index (κ3) is 5.84. The SMILES string of the molecule is CCc1ccc(N(CC(C)C)S(=O)(=O)c2ccc(OCC3CCOCC3)c3c2CCCC3O)cc1. The van der Waals surface area contributed by atoms with E-state index in [1.807, 2.05) is 38.1 Å². The Morgan fingerprint density at radius 3 is 2.46 bits per heavy atom. The van der Waals surface area contributed by atoms with Crippen molar-refractivity contribution in [2.75, 3.05) is 30.7 Å². The maximum atomic E-state index is 14.1. The number of anilines is 1. The van der Waals surface area contributed by atoms with Gasteiger partial charge in [-0.1, -0.05) is 32.9 Å². The lowest BCUT2D eigenvalue weighted by Gasteiger charge is -2.31. The van der Waals surface area contributed by atoms with Crippen LogP contribution in [0.3, 0.4) is 0 Å². The highest BCUT2D eigenvalue weighted by molar-refractivity contribution is 7.92. The molecule has 1 saturated heterocycles. The summed E-state index contributed by atoms with van der Waals surface area (Å²) in [6.07, 6.45) is 4.06. The van der Waals surface area contributed by atoms with E-state index in [0.717, 1.165) is 38.9 Å². The van der Waals surface area contributed by atoms with Gasteiger partial charge >= 0.3 is 0 Å². The average Bonchev–Trinajstić information content (AvgIpc) is 2.86. The molecule has 1 atom stereocenters. The molecule has 1 N–H and O–H groups in total. The number of rotatable bonds is 9. The molecule has 2 aromatic rings. The molecule has 0 aromatic heterocycles. The van der Waals surface area contributed by atoms with Crippen LogP contribution in [0.2, 0.25) is 0 Å². The smallest absolute Gasteiger partial charge is 0.264 e. The second-order valence-corrected chi connectivity index (χ2v) is 12.0. The number of aryl methyl sites for hydroxylation is 1. The number of ether oxygens (including phenoxy) is 2. The highest BCUT2D eigenvalue weighted by Gasteiger charge is 2.33. The minimum atomic E-state index is -3.84. The van der Waals surface area contributed by atoms with Crippen LogP contribution >= 0.6 is 0 Å². The Bertz CT molecular complexity index is 1090. The number of nitrogens with zero attached hydrogens (tertiary/aromatic N) is 1. The molecule has 1 aliphatic carbocycles. The minimum Gasteiger partial charge on any atom is -0.493 e. The van der Waals surface area contributed by atoms with E-state index in [1.165, 1.54) is 9.87 Å². The Kier molecular flexibility index (Phi) is 8.40. The van der Waals surface area contributed by atoms with Crippen LogP contribution < -0.4 is 9.04 Å². The zero-order valence-corrected chi connectivity index (χ0v) is 22.0. The van der Waals surface area contributed by atoms with Gasteiger partial charge in [0.15, 0.2) is 0 Å². The molecule has 0 saturated carbocycles. The fraction of sp³-hybridized carbons (Fsp3) is 0.571. The number of aliphatic hydroxyl groups is 1. The highest BCUT2D eigenvalue weighted by Crippen LogP contribution is 2.41. The lowest BCUT2D eigenvalue weighted by molar-refractivity contribution is 0.0488. The lowest BCUT2D eigenvalue weighted by Crippen LogP contribution is -2.35. The van der Waals surface area contributed by atoms with Crippen LogP contribution in [0.1, 0.15) is 69.2 Å². The van der Waals surface area contributed by atoms with E-state index in [-0.39, 0.29) is 10.8 Å². The second-order valence-electron chi connectivity index (χ2n) is 10.2. The molecular formula is C28H39NO5S. The lowest BCUT2D eigenvalue weighted by atomic mass is 9.88. The molecule has 4 rings (SSSR count). The topological polar surface area (TPSA) is 76.1 Å². The molecule has 2 aromatic carbocycles. The third-order valence-electron chi connectivity index (χ3n) is 7.06. The average molecular weight is 502 g/mol. The van der Waals surface area contributed by atoms with Gasteiger partial charge in [0.05, 0.1) is 23.3 Å². The fourth-order valence-corrected chi connectivity index (χ4v) is 6.94. The van der Waals surface area contributed by atoms with Crippen LogP contribution in [0, 0.1) is 11.8 Å². The monoisotopic (exact) mass is 501 g/mol. The number of benzene rings is 2. The van der Waals surface area contributed by atoms with Crippen molar-refractivity contribution in [3.05, 3.63) is 53.1 Å². The van der Waals surface area contributed by atoms with E-state index < -0.39 is 16.1 Å². The first-order chi connectivity index (χ1) is 16.8. The zero-order chi connectivity index (χ0) is 25.0. The van der Waals surface area contributed by atoms with Gasteiger partial charge in [-0.2, -0.15) is 0 Å². The van der Waals surface area contributed by atoms with Crippen LogP contribution in [0.5, 0.6) is 5.75 Å². The molecular weight excluding hydrogens is 462 g/mol. The molecule has 35 heavy (non-hydrogen) atoms. The summed E-state index contributed by atoms with van der Waals surface area (Å²) in [4.78, 5) is 0.282. The Labute approximate surface area is 210 Å². The number of hydrogen-bond donors (Lipinski definition) is 1. The number of sulfonamides is 1. The molecule has 7 heteroatoms. The van der Waals surface area contributed by atoms with Gasteiger partial charge in [-0.3, -0.25) is 4.31 Å². The van der Waals surface area contributed by atoms with Gasteiger partial charge in [-0.25, -0.2) is 8.42 Å². The molecule has 0 bridgehead atoms. The Hall–Kier alpha value is -2.09. The number of aliphatic hydroxyl groups excluding tert-OH is 1. The predicted octanol–water partition coefficient (Wildman–Crippen LogP) is 5.28. The molecule has 0 spiro atoms. The maximum absolute atomic E-state index is 14.1. The molecule has 6 nitrogen and oxygen atoms in total. The Morgan fingerprint density at radius 2 is 1.80 bits per heavy atom. The summed E-state index contributed by atoms with van der Waals surface area (Å²) in [5.74, 6) is 1.18. The van der Waals surface area contributed by atoms with Crippen molar-refractivity contribution in [1.82, 2.24) is 0 Å². The van der Waals surface area contributed by atoms with Crippen molar-refractivity contribution in [1.29, 1.82) is 0 Å². The zero-order valence-electron chi connectivity index (χ0n) is 21.2. The van der Waals surface area contributed by atoms with Crippen molar-refractivity contribution < 1.29 is 23.0 Å². The van der Waals surface area contributed by atoms with E-state index in [1.54, 1.807) is 12.1 Å². The Balaban J connectivity index is 1.71. The van der Waals surface area contributed by atoms with Crippen molar-refractivity contribution in [2.45, 2.75) is 70.3 Å². The van der Waals surface area contributed by atoms with Crippen LogP contribution in [-0.2, 0) is 27.6 Å². The summed E-state index contributed by atoms with van der Waals surface area (Å²) in [5.41, 5.74) is 3.19. The van der Waals surface area contributed by atoms with E-state index in [4.69, 9.17) is 9.47 Å². The first-order valence-electron chi connectivity index (χ1n) is 13.0. The molecule has 192 valence electrons. The summed E-state index contributed by atoms with van der Waals surface area (Å²) in [5, 5.41) is 10.9. The summed E-state index contributed by atoms with van der Waals surface area (Å²) in [6, 6.07) is 11.2. The minimum absolute atomic E-state index is 0.152. The first kappa shape index (κ1) is 26.0. The van der Waals surface area contributed by atoms with Gasteiger partial charge in [0.1, 0.15) is 5.75 Å². The summed E-state index contributed by atoms with van der Waals surface area (Å²) in [7, 11) is -3.84. The van der Waals surface area contributed by atoms with Gasteiger partial charge in [-0.15, -0.1) is 0 Å². The van der Waals surface area contributed by atoms with E-state index >= 15 is 0 Å². The first-order valence-corrected chi connectivity index (χ1v) is 14.4. The molecule has 1 aliphatic heterocycles. The molecule has 2 aliphatic rings. The van der Waals surface area contributed by atoms with Crippen molar-refractivity contribution in [3.8, 4) is 5.75 Å². The second kappa shape index (κ2) is 11.3. The molecule has 1 unspecified atom stereocenters. The largest absolute Gasteiger partial charge is 0.493 e. The summed E-state index contributed by atoms with van der Waals surface area (Å²) >= 11 is 0. The molecule has 1 heterocycles. The quantitative estimate of drug-likeness (QED) is 0.506. The van der Waals surface area contributed by atoms with Gasteiger partial charge in [0, 0.05) is 25.3 Å². The maximum Gasteiger partial charge on any atom is 0.264 e. The summed E-state index contributed by atoms with van der Waals surface area (Å²) < 4.78 is 41.4. The predicted molar refractivity (Wildman–Crippen MR) is 139 cm³/mol. The van der Waals surface area contributed by atoms with Crippen LogP contribution in [0.15, 0.2) is 41.3 Å². The van der Waals surface area contributed by atoms with Crippen molar-refractivity contribution >= 4 is 15.7 Å². The van der Waals surface area contributed by atoms with E-state index in [0.29, 0.717) is 54.5 Å². The van der Waals surface area contributed by atoms with Crippen LogP contribution in [0.25, 0.3) is 0 Å². The van der Waals surface area contributed by atoms with Crippen LogP contribution in [0.4, 0.5) is 5.69 Å². The van der Waals surface area contributed by atoms with Gasteiger partial charge in [0.25, 0.3) is 10.0 Å². The van der Waals surface area contributed by atoms with Gasteiger partial charge in [0.2, 0.25) is 0 Å². The standard InChI is InChI=1S/C28H39NO5S/c1-4-21-8-10-23(11-9-21)29(18-20(2)3)35(31,32)27-13-12-26(28-24(27)6-5-7-25(28)30)34-19-22-14-16-33-17-15-22/h8-13,20,22,25,30H,4-7,14-19H2,1-3H3. The van der Waals surface area contributed by atoms with Gasteiger partial charge < -0.3 is 14.6 Å².